The molecule has 2 heterocycles. The van der Waals surface area contributed by atoms with E-state index in [2.05, 4.69) is 20.6 Å². The number of ether oxygens (including phenoxy) is 4. The van der Waals surface area contributed by atoms with Crippen LogP contribution in [-0.2, 0) is 13.6 Å². The largest absolute Gasteiger partial charge is 0.497 e. The van der Waals surface area contributed by atoms with Gasteiger partial charge in [-0.1, -0.05) is 6.07 Å². The van der Waals surface area contributed by atoms with Gasteiger partial charge in [0.05, 0.1) is 45.8 Å². The second kappa shape index (κ2) is 9.56. The van der Waals surface area contributed by atoms with E-state index in [0.29, 0.717) is 29.6 Å². The maximum atomic E-state index is 5.47. The Morgan fingerprint density at radius 1 is 0.848 bits per heavy atom. The number of imidazole rings is 1. The van der Waals surface area contributed by atoms with Crippen LogP contribution in [0.25, 0.3) is 11.0 Å². The van der Waals surface area contributed by atoms with Crippen LogP contribution in [0.15, 0.2) is 48.7 Å². The van der Waals surface area contributed by atoms with E-state index < -0.39 is 0 Å². The van der Waals surface area contributed by atoms with Crippen LogP contribution >= 0.6 is 0 Å². The second-order valence-corrected chi connectivity index (χ2v) is 7.29. The zero-order valence-corrected chi connectivity index (χ0v) is 19.3. The average molecular weight is 450 g/mol. The minimum atomic E-state index is 0.582. The van der Waals surface area contributed by atoms with Gasteiger partial charge >= 0.3 is 0 Å². The summed E-state index contributed by atoms with van der Waals surface area (Å²) in [5, 5.41) is 6.69. The molecule has 0 saturated heterocycles. The lowest BCUT2D eigenvalue weighted by Crippen LogP contribution is -2.05. The number of fused-ring (bicyclic) bond motifs is 1. The monoisotopic (exact) mass is 449 g/mol. The average Bonchev–Trinajstić information content (AvgIpc) is 3.17. The van der Waals surface area contributed by atoms with Gasteiger partial charge in [-0.3, -0.25) is 0 Å². The van der Waals surface area contributed by atoms with Gasteiger partial charge in [-0.25, -0.2) is 9.97 Å². The van der Waals surface area contributed by atoms with E-state index in [1.165, 1.54) is 0 Å². The van der Waals surface area contributed by atoms with Crippen LogP contribution in [0, 0.1) is 0 Å². The van der Waals surface area contributed by atoms with Crippen molar-refractivity contribution in [2.45, 2.75) is 6.54 Å². The van der Waals surface area contributed by atoms with E-state index in [-0.39, 0.29) is 0 Å². The molecule has 0 radical (unpaired) electrons. The first-order valence-electron chi connectivity index (χ1n) is 10.3. The summed E-state index contributed by atoms with van der Waals surface area (Å²) in [6.07, 6.45) is 1.75. The van der Waals surface area contributed by atoms with Crippen molar-refractivity contribution in [3.8, 4) is 23.0 Å². The standard InChI is InChI=1S/C24H27N5O4/c1-29-19-12-23(27-17-8-7-16(30-2)11-21(17)32-4)25-14-18(19)28-24(29)26-13-15-6-9-20(31-3)22(10-15)33-5/h6-12,14H,13H2,1-5H3,(H,25,27)(H,26,28). The van der Waals surface area contributed by atoms with Gasteiger partial charge in [0.2, 0.25) is 5.95 Å². The molecule has 0 spiro atoms. The fourth-order valence-electron chi connectivity index (χ4n) is 3.53. The minimum absolute atomic E-state index is 0.582. The zero-order valence-electron chi connectivity index (χ0n) is 19.3. The number of nitrogens with one attached hydrogen (secondary N) is 2. The molecule has 2 aromatic carbocycles. The summed E-state index contributed by atoms with van der Waals surface area (Å²) in [5.41, 5.74) is 3.57. The summed E-state index contributed by atoms with van der Waals surface area (Å²) in [6.45, 7) is 0.582. The van der Waals surface area contributed by atoms with Gasteiger partial charge in [0.25, 0.3) is 0 Å². The molecule has 0 saturated carbocycles. The summed E-state index contributed by atoms with van der Waals surface area (Å²) >= 11 is 0. The lowest BCUT2D eigenvalue weighted by atomic mass is 10.2. The van der Waals surface area contributed by atoms with Crippen molar-refractivity contribution in [2.24, 2.45) is 7.05 Å². The van der Waals surface area contributed by atoms with Gasteiger partial charge in [-0.05, 0) is 29.8 Å². The molecule has 0 unspecified atom stereocenters. The molecule has 2 N–H and O–H groups in total. The lowest BCUT2D eigenvalue weighted by molar-refractivity contribution is 0.354. The van der Waals surface area contributed by atoms with Crippen LogP contribution in [0.5, 0.6) is 23.0 Å². The fraction of sp³-hybridized carbons (Fsp3) is 0.250. The molecular formula is C24H27N5O4. The fourth-order valence-corrected chi connectivity index (χ4v) is 3.53. The first-order valence-corrected chi connectivity index (χ1v) is 10.3. The van der Waals surface area contributed by atoms with Crippen molar-refractivity contribution < 1.29 is 18.9 Å². The number of aromatic nitrogens is 3. The number of benzene rings is 2. The molecule has 0 atom stereocenters. The number of rotatable bonds is 9. The molecule has 4 aromatic rings. The van der Waals surface area contributed by atoms with Crippen LogP contribution in [0.1, 0.15) is 5.56 Å². The molecule has 9 heteroatoms. The molecule has 0 aliphatic heterocycles. The van der Waals surface area contributed by atoms with Crippen LogP contribution in [0.4, 0.5) is 17.5 Å². The molecule has 0 bridgehead atoms. The van der Waals surface area contributed by atoms with Gasteiger partial charge < -0.3 is 34.1 Å². The summed E-state index contributed by atoms with van der Waals surface area (Å²) in [6, 6.07) is 13.4. The molecule has 0 aliphatic rings. The van der Waals surface area contributed by atoms with E-state index in [9.17, 15) is 0 Å². The van der Waals surface area contributed by atoms with E-state index in [4.69, 9.17) is 18.9 Å². The van der Waals surface area contributed by atoms with Crippen molar-refractivity contribution in [2.75, 3.05) is 39.1 Å². The Labute approximate surface area is 192 Å². The number of aryl methyl sites for hydroxylation is 1. The van der Waals surface area contributed by atoms with Gasteiger partial charge in [0, 0.05) is 25.7 Å². The SMILES string of the molecule is COc1ccc(Nc2cc3c(cn2)nc(NCc2ccc(OC)c(OC)c2)n3C)c(OC)c1. The molecule has 2 aromatic heterocycles. The van der Waals surface area contributed by atoms with Gasteiger partial charge in [0.1, 0.15) is 22.8 Å². The topological polar surface area (TPSA) is 91.7 Å². The maximum Gasteiger partial charge on any atom is 0.203 e. The summed E-state index contributed by atoms with van der Waals surface area (Å²) in [4.78, 5) is 9.18. The quantitative estimate of drug-likeness (QED) is 0.390. The van der Waals surface area contributed by atoms with E-state index in [0.717, 1.165) is 34.0 Å². The van der Waals surface area contributed by atoms with Crippen LogP contribution in [-0.4, -0.2) is 43.0 Å². The summed E-state index contributed by atoms with van der Waals surface area (Å²) in [5.74, 6) is 4.19. The number of hydrogen-bond acceptors (Lipinski definition) is 8. The maximum absolute atomic E-state index is 5.47. The number of hydrogen-bond donors (Lipinski definition) is 2. The number of methoxy groups -OCH3 is 4. The minimum Gasteiger partial charge on any atom is -0.497 e. The predicted octanol–water partition coefficient (Wildman–Crippen LogP) is 4.36. The highest BCUT2D eigenvalue weighted by molar-refractivity contribution is 5.81. The number of nitrogens with zero attached hydrogens (tertiary/aromatic N) is 3. The molecule has 9 nitrogen and oxygen atoms in total. The van der Waals surface area contributed by atoms with Gasteiger partial charge in [-0.15, -0.1) is 0 Å². The number of pyridine rings is 1. The Bertz CT molecular complexity index is 1270. The third-order valence-electron chi connectivity index (χ3n) is 5.34. The smallest absolute Gasteiger partial charge is 0.203 e. The first-order chi connectivity index (χ1) is 16.1. The van der Waals surface area contributed by atoms with Crippen molar-refractivity contribution in [3.63, 3.8) is 0 Å². The van der Waals surface area contributed by atoms with Crippen molar-refractivity contribution >= 4 is 28.5 Å². The molecule has 0 aliphatic carbocycles. The Morgan fingerprint density at radius 3 is 2.36 bits per heavy atom. The third-order valence-corrected chi connectivity index (χ3v) is 5.34. The molecule has 0 fully saturated rings. The molecule has 172 valence electrons. The Morgan fingerprint density at radius 2 is 1.64 bits per heavy atom. The molecular weight excluding hydrogens is 422 g/mol. The highest BCUT2D eigenvalue weighted by Gasteiger charge is 2.12. The normalized spacial score (nSPS) is 10.7. The lowest BCUT2D eigenvalue weighted by Gasteiger charge is -2.12. The van der Waals surface area contributed by atoms with Gasteiger partial charge in [-0.2, -0.15) is 0 Å². The molecule has 4 rings (SSSR count). The van der Waals surface area contributed by atoms with Crippen molar-refractivity contribution in [3.05, 3.63) is 54.2 Å². The summed E-state index contributed by atoms with van der Waals surface area (Å²) in [7, 11) is 8.45. The van der Waals surface area contributed by atoms with E-state index >= 15 is 0 Å². The van der Waals surface area contributed by atoms with Crippen molar-refractivity contribution in [1.29, 1.82) is 0 Å². The van der Waals surface area contributed by atoms with E-state index in [1.807, 2.05) is 54.1 Å². The summed E-state index contributed by atoms with van der Waals surface area (Å²) < 4.78 is 23.4. The second-order valence-electron chi connectivity index (χ2n) is 7.29. The highest BCUT2D eigenvalue weighted by Crippen LogP contribution is 2.32. The van der Waals surface area contributed by atoms with Crippen molar-refractivity contribution in [1.82, 2.24) is 14.5 Å². The number of anilines is 3. The Hall–Kier alpha value is -4.14. The predicted molar refractivity (Wildman–Crippen MR) is 128 cm³/mol. The first kappa shape index (κ1) is 22.1. The zero-order chi connectivity index (χ0) is 23.4. The van der Waals surface area contributed by atoms with Crippen LogP contribution in [0.3, 0.4) is 0 Å². The Balaban J connectivity index is 1.54. The van der Waals surface area contributed by atoms with Crippen LogP contribution < -0.4 is 29.6 Å². The highest BCUT2D eigenvalue weighted by atomic mass is 16.5. The third kappa shape index (κ3) is 4.57. The Kier molecular flexibility index (Phi) is 6.39. The molecule has 33 heavy (non-hydrogen) atoms. The van der Waals surface area contributed by atoms with Crippen LogP contribution in [0.2, 0.25) is 0 Å². The molecule has 0 amide bonds. The van der Waals surface area contributed by atoms with Gasteiger partial charge in [0.15, 0.2) is 11.5 Å². The van der Waals surface area contributed by atoms with E-state index in [1.54, 1.807) is 34.6 Å².